The Bertz CT molecular complexity index is 5780. The van der Waals surface area contributed by atoms with E-state index >= 15 is 0 Å². The summed E-state index contributed by atoms with van der Waals surface area (Å²) >= 11 is 0. The molecule has 10 aromatic rings. The molecule has 30 rings (SSSR count). The molecule has 0 amide bonds. The zero-order valence-corrected chi connectivity index (χ0v) is 92.6. The summed E-state index contributed by atoms with van der Waals surface area (Å²) in [6, 6.07) is 0. The number of hydrogen-bond donors (Lipinski definition) is 0. The molecule has 20 aliphatic rings. The highest BCUT2D eigenvalue weighted by atomic mass is 31.2. The molecule has 0 spiro atoms. The fraction of sp³-hybridized carbons (Fsp3) is 0.721. The van der Waals surface area contributed by atoms with E-state index in [1.165, 1.54) is 114 Å². The summed E-state index contributed by atoms with van der Waals surface area (Å²) < 4.78 is 96.4. The van der Waals surface area contributed by atoms with Gasteiger partial charge in [0.05, 0.1) is 114 Å². The fourth-order valence-electron chi connectivity index (χ4n) is 29.7. The first kappa shape index (κ1) is 94.7. The summed E-state index contributed by atoms with van der Waals surface area (Å²) in [4.78, 5) is 53.9. The second-order valence-corrected chi connectivity index (χ2v) is 56.1. The molecule has 20 saturated heterocycles. The van der Waals surface area contributed by atoms with Crippen LogP contribution in [0, 0.1) is 6.67 Å². The fourth-order valence-corrected chi connectivity index (χ4v) is 39.7. The molecule has 149 heavy (non-hydrogen) atoms. The van der Waals surface area contributed by atoms with Crippen LogP contribution in [-0.2, 0) is 0 Å². The molecule has 34 nitrogen and oxygen atoms in total. The Morgan fingerprint density at radius 2 is 0.181 bits per heavy atom. The highest BCUT2D eigenvalue weighted by molar-refractivity contribution is 7.74. The van der Waals surface area contributed by atoms with E-state index in [0.29, 0.717) is 0 Å². The molecule has 38 heteroatoms. The van der Waals surface area contributed by atoms with Crippen molar-refractivity contribution in [3.8, 4) is 0 Å². The maximum atomic E-state index is 7.21. The van der Waals surface area contributed by atoms with Crippen molar-refractivity contribution in [2.75, 3.05) is 360 Å². The average molecular weight is 2090 g/mol. The van der Waals surface area contributed by atoms with E-state index in [1.807, 2.05) is 0 Å². The Labute approximate surface area is 881 Å². The van der Waals surface area contributed by atoms with Gasteiger partial charge in [0.25, 0.3) is 6.67 Å². The van der Waals surface area contributed by atoms with Gasteiger partial charge in [-0.05, 0) is 257 Å². The lowest BCUT2D eigenvalue weighted by molar-refractivity contribution is 0.949. The van der Waals surface area contributed by atoms with Gasteiger partial charge in [-0.15, -0.1) is 0 Å². The van der Waals surface area contributed by atoms with E-state index in [4.69, 9.17) is 66.2 Å². The van der Waals surface area contributed by atoms with Crippen LogP contribution in [-0.4, -0.2) is 262 Å². The number of hydrogen-bond acceptors (Lipinski definition) is 22. The van der Waals surface area contributed by atoms with Crippen LogP contribution in [0.4, 0.5) is 114 Å². The van der Waals surface area contributed by atoms with Crippen LogP contribution in [0.2, 0.25) is 0 Å². The van der Waals surface area contributed by atoms with Crippen LogP contribution in [0.3, 0.4) is 0 Å². The maximum absolute atomic E-state index is 7.21. The van der Waals surface area contributed by atoms with Crippen molar-refractivity contribution in [1.29, 1.82) is 0 Å². The molecule has 0 N–H and O–H groups in total. The summed E-state index contributed by atoms with van der Waals surface area (Å²) in [5.41, 5.74) is 25.3. The second-order valence-electron chi connectivity index (χ2n) is 48.0. The van der Waals surface area contributed by atoms with Crippen LogP contribution in [0.25, 0.3) is 0 Å². The smallest absolute Gasteiger partial charge is 0.310 e. The molecule has 0 saturated carbocycles. The van der Waals surface area contributed by atoms with E-state index in [0.717, 1.165) is 572 Å². The molecular weight excluding hydrogens is 1930 g/mol. The first-order valence-corrected chi connectivity index (χ1v) is 66.9. The zero-order valence-electron chi connectivity index (χ0n) is 89.1. The molecule has 794 valence electrons. The molecule has 0 aliphatic carbocycles. The van der Waals surface area contributed by atoms with Crippen LogP contribution in [0.1, 0.15) is 257 Å². The topological polar surface area (TPSA) is 238 Å². The predicted molar refractivity (Wildman–Crippen MR) is 613 cm³/mol. The van der Waals surface area contributed by atoms with Gasteiger partial charge in [-0.1, -0.05) is 0 Å². The summed E-state index contributed by atoms with van der Waals surface area (Å²) in [5.74, 6) is 0. The van der Waals surface area contributed by atoms with Crippen molar-refractivity contribution >= 4 is 144 Å². The average Bonchev–Trinajstić information content (AvgIpc) is 1.54. The van der Waals surface area contributed by atoms with Crippen LogP contribution in [0.15, 0.2) is 66.2 Å². The first-order valence-electron chi connectivity index (χ1n) is 60.5. The number of nitrogens with zero attached hydrogens (tertiary/aromatic N) is 34. The molecule has 0 bridgehead atoms. The summed E-state index contributed by atoms with van der Waals surface area (Å²) in [6.07, 6.45) is 45.6. The van der Waals surface area contributed by atoms with Gasteiger partial charge in [0.2, 0.25) is 0 Å². The van der Waals surface area contributed by atoms with Crippen LogP contribution >= 0.6 is 30.0 Å². The molecule has 20 aliphatic heterocycles. The lowest BCUT2D eigenvalue weighted by Gasteiger charge is -2.17. The third kappa shape index (κ3) is 18.0. The van der Waals surface area contributed by atoms with Crippen molar-refractivity contribution in [3.05, 3.63) is 60.2 Å². The third-order valence-corrected chi connectivity index (χ3v) is 47.0. The molecule has 0 aromatic heterocycles. The van der Waals surface area contributed by atoms with Gasteiger partial charge in [-0.25, -0.2) is 57.1 Å². The minimum absolute atomic E-state index is 0.966. The molecular formula is C111H160N34P4. The highest BCUT2D eigenvalue weighted by Crippen LogP contribution is 2.74. The van der Waals surface area contributed by atoms with E-state index in [1.54, 1.807) is 0 Å². The molecule has 20 heterocycles. The van der Waals surface area contributed by atoms with Crippen LogP contribution < -0.4 is 152 Å². The van der Waals surface area contributed by atoms with Gasteiger partial charge in [-0.2, -0.15) is 9.03 Å². The molecule has 2 radical (unpaired) electrons. The Balaban J connectivity index is 0.792. The maximum Gasteiger partial charge on any atom is 0.310 e. The van der Waals surface area contributed by atoms with E-state index < -0.39 is 30.0 Å². The minimum atomic E-state index is -4.40. The van der Waals surface area contributed by atoms with E-state index in [-0.39, 0.29) is 0 Å². The van der Waals surface area contributed by atoms with Gasteiger partial charge in [0, 0.05) is 262 Å². The third-order valence-electron chi connectivity index (χ3n) is 37.7. The van der Waals surface area contributed by atoms with Crippen molar-refractivity contribution in [2.24, 2.45) is 66.2 Å². The minimum Gasteiger partial charge on any atom is -0.368 e. The molecule has 20 fully saturated rings. The number of rotatable bonds is 34. The van der Waals surface area contributed by atoms with Crippen molar-refractivity contribution in [2.45, 2.75) is 257 Å². The monoisotopic (exact) mass is 2090 g/mol. The summed E-state index contributed by atoms with van der Waals surface area (Å²) in [6.45, 7) is 43.4. The Morgan fingerprint density at radius 1 is 0.107 bits per heavy atom. The largest absolute Gasteiger partial charge is 0.368 e. The zero-order chi connectivity index (χ0) is 98.0. The predicted octanol–water partition coefficient (Wildman–Crippen LogP) is 15.5. The van der Waals surface area contributed by atoms with Gasteiger partial charge < -0.3 is 98.0 Å². The van der Waals surface area contributed by atoms with E-state index in [2.05, 4.69) is 105 Å². The SMILES string of the molecule is [C](N=P(N=c1c(N2CCCC2)c1N1CCCC1)(N=c1c(N2CCCC2)c1N1CCCC1)N=P(N=c1c(N2CCCC2)c1N1CCCC1)(N=c1c(N2CCCC2)c1N1CCCC1)N=c1c(N2CCCC2)c1N1CCCC1)N=P(N=c1c(N2CCCC2)c1N1CCCC1)(N=c1c(N2CCCC2)c1N1CCCC1)N=P(N=c1c(N2CCCC2)c1N1CCCC1)(N=c1c(N2CCCC2)c1N1CCCC1)N=c1c(N2CCCC2)c1N1CCCC1. The van der Waals surface area contributed by atoms with Gasteiger partial charge >= 0.3 is 30.0 Å². The Morgan fingerprint density at radius 3 is 0.262 bits per heavy atom. The summed E-state index contributed by atoms with van der Waals surface area (Å²) in [7, 11) is -17.1. The Hall–Kier alpha value is -8.98. The first-order chi connectivity index (χ1) is 73.7. The van der Waals surface area contributed by atoms with Gasteiger partial charge in [-0.3, -0.25) is 0 Å². The summed E-state index contributed by atoms with van der Waals surface area (Å²) in [5, 5.41) is 10.2. The van der Waals surface area contributed by atoms with Crippen LogP contribution in [0.5, 0.6) is 0 Å². The normalized spacial score (nSPS) is 23.5. The Kier molecular flexibility index (Phi) is 24.9. The lowest BCUT2D eigenvalue weighted by atomic mass is 10.4. The van der Waals surface area contributed by atoms with Crippen molar-refractivity contribution in [3.63, 3.8) is 0 Å². The molecule has 10 aromatic carbocycles. The molecule has 0 atom stereocenters. The standard InChI is InChI=1S/C111H160N34P4/c1-2-42-126(41-1)92-82(93(92)127-43-3-4-44-127)114-146(115-83-94(128-45-5-6-46-128)95(83)129-47-7-8-48-129,124-148(118-86-100(134-57-17-18-58-134)101(86)135-59-19-20-60-135,119-87-102(136-61-21-22-62-136)103(87)137-63-23-24-64-137)120-88-104(138-65-25-26-66-138)105(88)139-67-27-28-68-139)112-81-113-147(116-84-96(130-49-9-10-50-130)97(84)131-51-11-12-52-131,117-85-98(132-53-13-14-54-132)99(85)133-55-15-16-56-133)125-149(121-89-106(140-69-29-30-70-140)107(89)141-71-31-32-72-141,122-90-108(142-73-33-34-74-142)109(90)143-75-35-36-76-143)123-91-110(144-77-37-38-78-144)111(91)145-79-39-40-80-145/h1-80H2. The van der Waals surface area contributed by atoms with Gasteiger partial charge in [0.1, 0.15) is 53.6 Å². The molecule has 0 unspecified atom stereocenters. The lowest BCUT2D eigenvalue weighted by Crippen LogP contribution is -2.18. The second kappa shape index (κ2) is 39.2. The quantitative estimate of drug-likeness (QED) is 0.0341. The highest BCUT2D eigenvalue weighted by Gasteiger charge is 2.50. The van der Waals surface area contributed by atoms with Crippen molar-refractivity contribution in [1.82, 2.24) is 0 Å². The van der Waals surface area contributed by atoms with Crippen molar-refractivity contribution < 1.29 is 0 Å². The van der Waals surface area contributed by atoms with E-state index in [9.17, 15) is 0 Å². The number of anilines is 20. The van der Waals surface area contributed by atoms with Gasteiger partial charge in [0.15, 0.2) is 0 Å².